The predicted molar refractivity (Wildman–Crippen MR) is 97.8 cm³/mol. The van der Waals surface area contributed by atoms with Crippen molar-refractivity contribution in [1.82, 2.24) is 15.1 Å². The second kappa shape index (κ2) is 5.86. The van der Waals surface area contributed by atoms with Gasteiger partial charge in [0.2, 0.25) is 0 Å². The van der Waals surface area contributed by atoms with Crippen molar-refractivity contribution in [2.75, 3.05) is 0 Å². The van der Waals surface area contributed by atoms with E-state index in [0.717, 1.165) is 34.3 Å². The summed E-state index contributed by atoms with van der Waals surface area (Å²) in [5, 5.41) is 7.78. The van der Waals surface area contributed by atoms with E-state index in [1.165, 1.54) is 38.5 Å². The molecule has 132 valence electrons. The van der Waals surface area contributed by atoms with E-state index in [2.05, 4.69) is 33.3 Å². The van der Waals surface area contributed by atoms with Crippen LogP contribution in [-0.4, -0.2) is 21.7 Å². The highest BCUT2D eigenvalue weighted by atomic mass is 79.9. The molecule has 0 unspecified atom stereocenters. The van der Waals surface area contributed by atoms with Crippen LogP contribution in [-0.2, 0) is 7.05 Å². The number of halogens is 1. The number of hydrogen-bond donors (Lipinski definition) is 1. The molecule has 0 aromatic carbocycles. The summed E-state index contributed by atoms with van der Waals surface area (Å²) in [5.74, 6) is 2.70. The molecule has 4 nitrogen and oxygen atoms in total. The lowest BCUT2D eigenvalue weighted by Crippen LogP contribution is -2.56. The van der Waals surface area contributed by atoms with Crippen LogP contribution >= 0.6 is 15.9 Å². The first-order valence-corrected chi connectivity index (χ1v) is 10.2. The van der Waals surface area contributed by atoms with Gasteiger partial charge in [0.05, 0.1) is 10.2 Å². The van der Waals surface area contributed by atoms with Gasteiger partial charge in [0.15, 0.2) is 5.69 Å². The molecule has 1 atom stereocenters. The maximum Gasteiger partial charge on any atom is 0.273 e. The van der Waals surface area contributed by atoms with Crippen LogP contribution in [0.4, 0.5) is 0 Å². The Balaban J connectivity index is 1.56. The Kier molecular flexibility index (Phi) is 4.06. The number of aromatic nitrogens is 2. The average molecular weight is 394 g/mol. The Morgan fingerprint density at radius 1 is 1.29 bits per heavy atom. The van der Waals surface area contributed by atoms with Gasteiger partial charge in [-0.3, -0.25) is 9.48 Å². The third kappa shape index (κ3) is 2.54. The van der Waals surface area contributed by atoms with Gasteiger partial charge in [-0.25, -0.2) is 0 Å². The summed E-state index contributed by atoms with van der Waals surface area (Å²) in [6, 6.07) is 0.285. The molecule has 0 saturated heterocycles. The molecule has 4 fully saturated rings. The zero-order chi connectivity index (χ0) is 17.1. The predicted octanol–water partition coefficient (Wildman–Crippen LogP) is 4.22. The second-order valence-electron chi connectivity index (χ2n) is 8.59. The SMILES string of the molecule is CC[C@@H](NC(=O)c1nn(C)c(C)c1Br)C12CC3CC(CC(C3)C1)C2. The van der Waals surface area contributed by atoms with Gasteiger partial charge in [0.1, 0.15) is 0 Å². The number of carbonyl (C=O) groups is 1. The minimum atomic E-state index is -0.0202. The van der Waals surface area contributed by atoms with E-state index < -0.39 is 0 Å². The fourth-order valence-electron chi connectivity index (χ4n) is 6.25. The Morgan fingerprint density at radius 2 is 1.83 bits per heavy atom. The molecule has 0 radical (unpaired) electrons. The van der Waals surface area contributed by atoms with Gasteiger partial charge in [-0.1, -0.05) is 6.92 Å². The number of amides is 1. The highest BCUT2D eigenvalue weighted by Gasteiger charge is 2.54. The van der Waals surface area contributed by atoms with Crippen LogP contribution in [0, 0.1) is 30.1 Å². The van der Waals surface area contributed by atoms with E-state index in [9.17, 15) is 4.79 Å². The van der Waals surface area contributed by atoms with Gasteiger partial charge in [0.25, 0.3) is 5.91 Å². The van der Waals surface area contributed by atoms with Crippen LogP contribution < -0.4 is 5.32 Å². The van der Waals surface area contributed by atoms with E-state index in [1.54, 1.807) is 4.68 Å². The number of nitrogens with one attached hydrogen (secondary N) is 1. The lowest BCUT2D eigenvalue weighted by molar-refractivity contribution is -0.0727. The topological polar surface area (TPSA) is 46.9 Å². The van der Waals surface area contributed by atoms with Crippen LogP contribution in [0.3, 0.4) is 0 Å². The van der Waals surface area contributed by atoms with Gasteiger partial charge in [-0.15, -0.1) is 0 Å². The van der Waals surface area contributed by atoms with Gasteiger partial charge in [-0.2, -0.15) is 5.10 Å². The van der Waals surface area contributed by atoms with Gasteiger partial charge in [0, 0.05) is 13.1 Å². The van der Waals surface area contributed by atoms with Crippen molar-refractivity contribution in [3.63, 3.8) is 0 Å². The molecular formula is C19H28BrN3O. The molecule has 0 spiro atoms. The maximum absolute atomic E-state index is 12.9. The van der Waals surface area contributed by atoms with Crippen LogP contribution in [0.1, 0.15) is 68.1 Å². The number of rotatable bonds is 4. The lowest BCUT2D eigenvalue weighted by atomic mass is 9.47. The minimum absolute atomic E-state index is 0.0202. The first-order chi connectivity index (χ1) is 11.4. The Hall–Kier alpha value is -0.840. The quantitative estimate of drug-likeness (QED) is 0.832. The monoisotopic (exact) mass is 393 g/mol. The summed E-state index contributed by atoms with van der Waals surface area (Å²) in [4.78, 5) is 12.9. The van der Waals surface area contributed by atoms with Gasteiger partial charge in [-0.05, 0) is 91.0 Å². The first kappa shape index (κ1) is 16.6. The summed E-state index contributed by atoms with van der Waals surface area (Å²) in [6.45, 7) is 4.20. The third-order valence-electron chi connectivity index (χ3n) is 7.01. The molecule has 4 bridgehead atoms. The molecule has 5 heteroatoms. The number of hydrogen-bond acceptors (Lipinski definition) is 2. The van der Waals surface area contributed by atoms with Crippen LogP contribution in [0.2, 0.25) is 0 Å². The standard InChI is InChI=1S/C19H28BrN3O/c1-4-15(21-18(24)17-16(20)11(2)23(3)22-17)19-8-12-5-13(9-19)7-14(6-12)10-19/h12-15H,4-10H2,1-3H3,(H,21,24)/t12?,13?,14?,15-,19?/m1/s1. The fraction of sp³-hybridized carbons (Fsp3) is 0.789. The molecule has 1 aromatic rings. The largest absolute Gasteiger partial charge is 0.347 e. The second-order valence-corrected chi connectivity index (χ2v) is 9.38. The molecule has 4 aliphatic carbocycles. The number of nitrogens with zero attached hydrogens (tertiary/aromatic N) is 2. The average Bonchev–Trinajstić information content (AvgIpc) is 2.78. The smallest absolute Gasteiger partial charge is 0.273 e. The fourth-order valence-corrected chi connectivity index (χ4v) is 6.76. The summed E-state index contributed by atoms with van der Waals surface area (Å²) < 4.78 is 2.59. The number of aryl methyl sites for hydroxylation is 1. The van der Waals surface area contributed by atoms with Gasteiger partial charge < -0.3 is 5.32 Å². The lowest BCUT2D eigenvalue weighted by Gasteiger charge is -2.59. The third-order valence-corrected chi connectivity index (χ3v) is 7.96. The molecular weight excluding hydrogens is 366 g/mol. The van der Waals surface area contributed by atoms with Crippen molar-refractivity contribution < 1.29 is 4.79 Å². The molecule has 4 aliphatic rings. The maximum atomic E-state index is 12.9. The Bertz CT molecular complexity index is 631. The highest BCUT2D eigenvalue weighted by molar-refractivity contribution is 9.10. The minimum Gasteiger partial charge on any atom is -0.347 e. The molecule has 1 heterocycles. The molecule has 0 aliphatic heterocycles. The van der Waals surface area contributed by atoms with Crippen molar-refractivity contribution in [3.05, 3.63) is 15.9 Å². The van der Waals surface area contributed by atoms with Crippen molar-refractivity contribution in [2.45, 2.75) is 64.8 Å². The zero-order valence-electron chi connectivity index (χ0n) is 14.9. The molecule has 24 heavy (non-hydrogen) atoms. The van der Waals surface area contributed by atoms with E-state index >= 15 is 0 Å². The van der Waals surface area contributed by atoms with Crippen LogP contribution in [0.15, 0.2) is 4.47 Å². The number of carbonyl (C=O) groups excluding carboxylic acids is 1. The van der Waals surface area contributed by atoms with E-state index in [1.807, 2.05) is 14.0 Å². The summed E-state index contributed by atoms with van der Waals surface area (Å²) in [7, 11) is 1.88. The molecule has 1 N–H and O–H groups in total. The molecule has 1 amide bonds. The molecule has 4 saturated carbocycles. The Morgan fingerprint density at radius 3 is 2.25 bits per heavy atom. The summed E-state index contributed by atoms with van der Waals surface area (Å²) in [5.41, 5.74) is 1.86. The van der Waals surface area contributed by atoms with E-state index in [0.29, 0.717) is 11.1 Å². The highest BCUT2D eigenvalue weighted by Crippen LogP contribution is 2.61. The van der Waals surface area contributed by atoms with Crippen molar-refractivity contribution in [3.8, 4) is 0 Å². The summed E-state index contributed by atoms with van der Waals surface area (Å²) in [6.07, 6.45) is 9.29. The van der Waals surface area contributed by atoms with Gasteiger partial charge >= 0.3 is 0 Å². The van der Waals surface area contributed by atoms with E-state index in [4.69, 9.17) is 0 Å². The van der Waals surface area contributed by atoms with Crippen LogP contribution in [0.5, 0.6) is 0 Å². The van der Waals surface area contributed by atoms with Crippen molar-refractivity contribution >= 4 is 21.8 Å². The molecule has 1 aromatic heterocycles. The van der Waals surface area contributed by atoms with Crippen LogP contribution in [0.25, 0.3) is 0 Å². The normalized spacial score (nSPS) is 35.2. The molecule has 5 rings (SSSR count). The zero-order valence-corrected chi connectivity index (χ0v) is 16.5. The van der Waals surface area contributed by atoms with Crippen molar-refractivity contribution in [1.29, 1.82) is 0 Å². The summed E-state index contributed by atoms with van der Waals surface area (Å²) >= 11 is 3.53. The Labute approximate surface area is 152 Å². The first-order valence-electron chi connectivity index (χ1n) is 9.42. The van der Waals surface area contributed by atoms with Crippen molar-refractivity contribution in [2.24, 2.45) is 30.2 Å². The van der Waals surface area contributed by atoms with E-state index in [-0.39, 0.29) is 11.9 Å².